The summed E-state index contributed by atoms with van der Waals surface area (Å²) in [6.07, 6.45) is 6.09. The van der Waals surface area contributed by atoms with Crippen LogP contribution in [0.2, 0.25) is 0 Å². The molecule has 0 fully saturated rings. The molecule has 0 saturated carbocycles. The zero-order valence-corrected chi connectivity index (χ0v) is 16.0. The third-order valence-electron chi connectivity index (χ3n) is 4.88. The zero-order valence-electron chi connectivity index (χ0n) is 16.0. The summed E-state index contributed by atoms with van der Waals surface area (Å²) in [5.41, 5.74) is 3.11. The lowest BCUT2D eigenvalue weighted by molar-refractivity contribution is -0.123. The van der Waals surface area contributed by atoms with Crippen molar-refractivity contribution in [3.8, 4) is 11.6 Å². The van der Waals surface area contributed by atoms with Gasteiger partial charge in [0.15, 0.2) is 6.61 Å². The fourth-order valence-corrected chi connectivity index (χ4v) is 3.52. The highest BCUT2D eigenvalue weighted by molar-refractivity contribution is 5.84. The van der Waals surface area contributed by atoms with Crippen molar-refractivity contribution in [3.63, 3.8) is 0 Å². The molecular weight excluding hydrogens is 356 g/mol. The molecule has 2 aromatic heterocycles. The number of carbonyl (C=O) groups excluding carboxylic acids is 1. The lowest BCUT2D eigenvalue weighted by Crippen LogP contribution is -2.28. The predicted octanol–water partition coefficient (Wildman–Crippen LogP) is 3.80. The normalized spacial score (nSPS) is 13.2. The highest BCUT2D eigenvalue weighted by atomic mass is 16.5. The van der Waals surface area contributed by atoms with Crippen LogP contribution in [0.1, 0.15) is 36.7 Å². The van der Waals surface area contributed by atoms with E-state index in [0.29, 0.717) is 24.8 Å². The van der Waals surface area contributed by atoms with Crippen LogP contribution in [0.25, 0.3) is 11.0 Å². The molecule has 146 valence electrons. The summed E-state index contributed by atoms with van der Waals surface area (Å²) in [5.74, 6) is 2.16. The lowest BCUT2D eigenvalue weighted by atomic mass is 9.96. The summed E-state index contributed by atoms with van der Waals surface area (Å²) >= 11 is 0. The van der Waals surface area contributed by atoms with Gasteiger partial charge in [0.25, 0.3) is 5.91 Å². The maximum atomic E-state index is 12.1. The van der Waals surface area contributed by atoms with Crippen molar-refractivity contribution >= 4 is 16.9 Å². The van der Waals surface area contributed by atoms with Crippen molar-refractivity contribution in [3.05, 3.63) is 53.4 Å². The van der Waals surface area contributed by atoms with Crippen molar-refractivity contribution in [1.29, 1.82) is 0 Å². The van der Waals surface area contributed by atoms with E-state index < -0.39 is 0 Å². The van der Waals surface area contributed by atoms with Gasteiger partial charge in [0, 0.05) is 36.2 Å². The quantitative estimate of drug-likeness (QED) is 0.675. The van der Waals surface area contributed by atoms with Gasteiger partial charge in [-0.15, -0.1) is 0 Å². The van der Waals surface area contributed by atoms with E-state index in [2.05, 4.69) is 10.3 Å². The monoisotopic (exact) mass is 380 g/mol. The smallest absolute Gasteiger partial charge is 0.258 e. The Bertz CT molecular complexity index is 980. The summed E-state index contributed by atoms with van der Waals surface area (Å²) in [4.78, 5) is 16.3. The van der Waals surface area contributed by atoms with Crippen LogP contribution in [0.15, 0.2) is 40.9 Å². The van der Waals surface area contributed by atoms with Crippen LogP contribution in [0.5, 0.6) is 11.6 Å². The van der Waals surface area contributed by atoms with Gasteiger partial charge >= 0.3 is 0 Å². The number of pyridine rings is 1. The standard InChI is InChI=1S/C22H24N2O4/c1-2-26-22-11-15(9-10-23-22)13-24-21(25)14-27-16-7-8-20-18(12-16)17-5-3-4-6-19(17)28-20/h7-12H,2-6,13-14H2,1H3,(H,24,25). The second-order valence-electron chi connectivity index (χ2n) is 6.87. The minimum atomic E-state index is -0.177. The third kappa shape index (κ3) is 4.11. The van der Waals surface area contributed by atoms with Crippen molar-refractivity contribution in [2.75, 3.05) is 13.2 Å². The molecule has 1 aromatic carbocycles. The van der Waals surface area contributed by atoms with E-state index in [-0.39, 0.29) is 12.5 Å². The maximum Gasteiger partial charge on any atom is 0.258 e. The number of amides is 1. The topological polar surface area (TPSA) is 73.6 Å². The lowest BCUT2D eigenvalue weighted by Gasteiger charge is -2.10. The number of ether oxygens (including phenoxy) is 2. The van der Waals surface area contributed by atoms with Crippen LogP contribution in [0.4, 0.5) is 0 Å². The first-order chi connectivity index (χ1) is 13.7. The van der Waals surface area contributed by atoms with Crippen molar-refractivity contribution in [2.24, 2.45) is 0 Å². The van der Waals surface area contributed by atoms with Crippen LogP contribution in [0.3, 0.4) is 0 Å². The van der Waals surface area contributed by atoms with Gasteiger partial charge in [0.1, 0.15) is 17.1 Å². The molecule has 6 heteroatoms. The molecule has 3 aromatic rings. The molecule has 1 amide bonds. The van der Waals surface area contributed by atoms with Crippen LogP contribution in [-0.4, -0.2) is 24.1 Å². The number of rotatable bonds is 7. The highest BCUT2D eigenvalue weighted by Gasteiger charge is 2.18. The average molecular weight is 380 g/mol. The molecule has 1 N–H and O–H groups in total. The molecule has 0 unspecified atom stereocenters. The Labute approximate surface area is 163 Å². The Kier molecular flexibility index (Phi) is 5.46. The molecule has 4 rings (SSSR count). The van der Waals surface area contributed by atoms with E-state index in [1.807, 2.05) is 37.3 Å². The second-order valence-corrected chi connectivity index (χ2v) is 6.87. The van der Waals surface area contributed by atoms with E-state index >= 15 is 0 Å². The summed E-state index contributed by atoms with van der Waals surface area (Å²) in [7, 11) is 0. The Morgan fingerprint density at radius 2 is 2.07 bits per heavy atom. The van der Waals surface area contributed by atoms with E-state index in [0.717, 1.165) is 35.1 Å². The van der Waals surface area contributed by atoms with E-state index in [9.17, 15) is 4.79 Å². The largest absolute Gasteiger partial charge is 0.484 e. The zero-order chi connectivity index (χ0) is 19.3. The van der Waals surface area contributed by atoms with Gasteiger partial charge in [-0.3, -0.25) is 4.79 Å². The molecule has 2 heterocycles. The molecule has 6 nitrogen and oxygen atoms in total. The predicted molar refractivity (Wildman–Crippen MR) is 106 cm³/mol. The van der Waals surface area contributed by atoms with Crippen LogP contribution >= 0.6 is 0 Å². The first-order valence-corrected chi connectivity index (χ1v) is 9.74. The van der Waals surface area contributed by atoms with Crippen molar-refractivity contribution in [2.45, 2.75) is 39.2 Å². The van der Waals surface area contributed by atoms with E-state index in [1.54, 1.807) is 6.20 Å². The molecule has 0 aliphatic heterocycles. The van der Waals surface area contributed by atoms with E-state index in [1.165, 1.54) is 18.4 Å². The minimum absolute atomic E-state index is 0.0328. The SMILES string of the molecule is CCOc1cc(CNC(=O)COc2ccc3oc4c(c3c2)CCCC4)ccn1. The Morgan fingerprint density at radius 1 is 1.18 bits per heavy atom. The molecule has 0 spiro atoms. The number of fused-ring (bicyclic) bond motifs is 3. The number of aryl methyl sites for hydroxylation is 2. The summed E-state index contributed by atoms with van der Waals surface area (Å²) in [6.45, 7) is 2.83. The fourth-order valence-electron chi connectivity index (χ4n) is 3.52. The van der Waals surface area contributed by atoms with E-state index in [4.69, 9.17) is 13.9 Å². The van der Waals surface area contributed by atoms with Gasteiger partial charge in [0.05, 0.1) is 6.61 Å². The summed E-state index contributed by atoms with van der Waals surface area (Å²) in [5, 5.41) is 3.96. The number of furan rings is 1. The van der Waals surface area contributed by atoms with Crippen molar-refractivity contribution in [1.82, 2.24) is 10.3 Å². The first-order valence-electron chi connectivity index (χ1n) is 9.74. The number of hydrogen-bond donors (Lipinski definition) is 1. The van der Waals surface area contributed by atoms with Gasteiger partial charge < -0.3 is 19.2 Å². The number of carbonyl (C=O) groups is 1. The van der Waals surface area contributed by atoms with Crippen LogP contribution in [0, 0.1) is 0 Å². The fraction of sp³-hybridized carbons (Fsp3) is 0.364. The van der Waals surface area contributed by atoms with Gasteiger partial charge in [-0.1, -0.05) is 0 Å². The van der Waals surface area contributed by atoms with Gasteiger partial charge in [-0.05, 0) is 56.0 Å². The molecule has 0 radical (unpaired) electrons. The molecule has 0 bridgehead atoms. The van der Waals surface area contributed by atoms with Crippen LogP contribution < -0.4 is 14.8 Å². The molecule has 1 aliphatic carbocycles. The molecule has 0 atom stereocenters. The minimum Gasteiger partial charge on any atom is -0.484 e. The number of benzene rings is 1. The Morgan fingerprint density at radius 3 is 2.96 bits per heavy atom. The van der Waals surface area contributed by atoms with Gasteiger partial charge in [0.2, 0.25) is 5.88 Å². The van der Waals surface area contributed by atoms with Crippen molar-refractivity contribution < 1.29 is 18.7 Å². The summed E-state index contributed by atoms with van der Waals surface area (Å²) in [6, 6.07) is 9.42. The molecular formula is C22H24N2O4. The number of hydrogen-bond acceptors (Lipinski definition) is 5. The van der Waals surface area contributed by atoms with Crippen LogP contribution in [-0.2, 0) is 24.2 Å². The summed E-state index contributed by atoms with van der Waals surface area (Å²) < 4.78 is 17.0. The highest BCUT2D eigenvalue weighted by Crippen LogP contribution is 2.33. The van der Waals surface area contributed by atoms with Gasteiger partial charge in [-0.2, -0.15) is 0 Å². The van der Waals surface area contributed by atoms with Gasteiger partial charge in [-0.25, -0.2) is 4.98 Å². The molecule has 0 saturated heterocycles. The molecule has 28 heavy (non-hydrogen) atoms. The molecule has 1 aliphatic rings. The second kappa shape index (κ2) is 8.33. The first kappa shape index (κ1) is 18.3. The average Bonchev–Trinajstić information content (AvgIpc) is 3.09. The number of aromatic nitrogens is 1. The third-order valence-corrected chi connectivity index (χ3v) is 4.88. The maximum absolute atomic E-state index is 12.1. The Hall–Kier alpha value is -3.02. The number of nitrogens with zero attached hydrogens (tertiary/aromatic N) is 1. The Balaban J connectivity index is 1.34. The number of nitrogens with one attached hydrogen (secondary N) is 1.